The molecule has 132 valence electrons. The maximum absolute atomic E-state index is 13.2. The number of amides is 1. The lowest BCUT2D eigenvalue weighted by Gasteiger charge is -2.36. The largest absolute Gasteiger partial charge is 0.506 e. The minimum atomic E-state index is 0.116. The molecule has 2 aliphatic carbocycles. The minimum absolute atomic E-state index is 0.116. The fourth-order valence-corrected chi connectivity index (χ4v) is 4.77. The molecule has 3 rings (SSSR count). The summed E-state index contributed by atoms with van der Waals surface area (Å²) >= 11 is 0. The maximum atomic E-state index is 13.2. The fraction of sp³-hybridized carbons (Fsp3) is 0.667. The number of hydrogen-bond acceptors (Lipinski definition) is 2. The molecule has 0 atom stereocenters. The average molecular weight is 329 g/mol. The third kappa shape index (κ3) is 4.12. The first-order chi connectivity index (χ1) is 11.6. The Bertz CT molecular complexity index is 539. The van der Waals surface area contributed by atoms with Crippen molar-refractivity contribution in [3.63, 3.8) is 0 Å². The number of hydrogen-bond donors (Lipinski definition) is 2. The molecular weight excluding hydrogens is 298 g/mol. The van der Waals surface area contributed by atoms with Gasteiger partial charge in [0.05, 0.1) is 5.69 Å². The first-order valence-electron chi connectivity index (χ1n) is 9.75. The number of rotatable bonds is 4. The molecule has 1 amide bonds. The average Bonchev–Trinajstić information content (AvgIpc) is 2.60. The van der Waals surface area contributed by atoms with Crippen LogP contribution in [0.15, 0.2) is 18.2 Å². The summed E-state index contributed by atoms with van der Waals surface area (Å²) in [5.74, 6) is 1.46. The van der Waals surface area contributed by atoms with E-state index in [1.807, 2.05) is 19.1 Å². The Morgan fingerprint density at radius 3 is 2.08 bits per heavy atom. The second kappa shape index (κ2) is 8.04. The molecule has 0 radical (unpaired) electrons. The zero-order chi connectivity index (χ0) is 16.9. The van der Waals surface area contributed by atoms with Crippen molar-refractivity contribution >= 4 is 11.6 Å². The third-order valence-electron chi connectivity index (χ3n) is 6.03. The molecule has 1 aromatic carbocycles. The molecule has 2 N–H and O–H groups in total. The van der Waals surface area contributed by atoms with Crippen LogP contribution in [0.2, 0.25) is 0 Å². The normalized spacial score (nSPS) is 20.2. The highest BCUT2D eigenvalue weighted by atomic mass is 16.3. The summed E-state index contributed by atoms with van der Waals surface area (Å²) in [5.41, 5.74) is 1.62. The monoisotopic (exact) mass is 329 g/mol. The number of phenols is 1. The van der Waals surface area contributed by atoms with Gasteiger partial charge in [-0.3, -0.25) is 4.79 Å². The van der Waals surface area contributed by atoms with Gasteiger partial charge in [0.15, 0.2) is 0 Å². The van der Waals surface area contributed by atoms with E-state index in [1.165, 1.54) is 64.2 Å². The van der Waals surface area contributed by atoms with E-state index in [9.17, 15) is 9.90 Å². The van der Waals surface area contributed by atoms with Gasteiger partial charge >= 0.3 is 0 Å². The molecule has 2 aliphatic rings. The number of carbonyl (C=O) groups excluding carboxylic acids is 1. The highest BCUT2D eigenvalue weighted by molar-refractivity contribution is 5.94. The molecular formula is C21H31NO2. The van der Waals surface area contributed by atoms with Crippen molar-refractivity contribution in [2.24, 2.45) is 17.8 Å². The number of benzene rings is 1. The van der Waals surface area contributed by atoms with Crippen molar-refractivity contribution in [3.8, 4) is 5.75 Å². The van der Waals surface area contributed by atoms with Crippen LogP contribution in [0.4, 0.5) is 5.69 Å². The van der Waals surface area contributed by atoms with Crippen LogP contribution in [0.3, 0.4) is 0 Å². The molecule has 0 aliphatic heterocycles. The van der Waals surface area contributed by atoms with Gasteiger partial charge in [-0.1, -0.05) is 44.6 Å². The number of anilines is 1. The van der Waals surface area contributed by atoms with E-state index in [1.54, 1.807) is 6.07 Å². The SMILES string of the molecule is Cc1ccc(O)c(NC(=O)C(C2CCCCC2)C2CCCCC2)c1. The molecule has 0 spiro atoms. The maximum Gasteiger partial charge on any atom is 0.228 e. The molecule has 0 heterocycles. The molecule has 0 saturated heterocycles. The highest BCUT2D eigenvalue weighted by Crippen LogP contribution is 2.41. The number of phenolic OH excluding ortho intramolecular Hbond substituents is 1. The predicted octanol–water partition coefficient (Wildman–Crippen LogP) is 5.42. The van der Waals surface area contributed by atoms with E-state index in [4.69, 9.17) is 0 Å². The quantitative estimate of drug-likeness (QED) is 0.725. The van der Waals surface area contributed by atoms with Gasteiger partial charge in [-0.15, -0.1) is 0 Å². The highest BCUT2D eigenvalue weighted by Gasteiger charge is 2.36. The van der Waals surface area contributed by atoms with Gasteiger partial charge in [0.1, 0.15) is 5.75 Å². The van der Waals surface area contributed by atoms with E-state index in [-0.39, 0.29) is 17.6 Å². The molecule has 2 fully saturated rings. The summed E-state index contributed by atoms with van der Waals surface area (Å²) in [5, 5.41) is 13.1. The van der Waals surface area contributed by atoms with E-state index in [2.05, 4.69) is 5.32 Å². The zero-order valence-corrected chi connectivity index (χ0v) is 14.9. The lowest BCUT2D eigenvalue weighted by atomic mass is 9.69. The smallest absolute Gasteiger partial charge is 0.228 e. The molecule has 1 aromatic rings. The van der Waals surface area contributed by atoms with Crippen LogP contribution in [-0.2, 0) is 4.79 Å². The van der Waals surface area contributed by atoms with Crippen molar-refractivity contribution in [1.29, 1.82) is 0 Å². The Balaban J connectivity index is 1.78. The van der Waals surface area contributed by atoms with Crippen LogP contribution >= 0.6 is 0 Å². The van der Waals surface area contributed by atoms with E-state index >= 15 is 0 Å². The Labute approximate surface area is 145 Å². The third-order valence-corrected chi connectivity index (χ3v) is 6.03. The summed E-state index contributed by atoms with van der Waals surface area (Å²) in [7, 11) is 0. The Kier molecular flexibility index (Phi) is 5.80. The van der Waals surface area contributed by atoms with Gasteiger partial charge in [0, 0.05) is 5.92 Å². The summed E-state index contributed by atoms with van der Waals surface area (Å²) in [6.07, 6.45) is 12.4. The molecule has 3 heteroatoms. The second-order valence-electron chi connectivity index (χ2n) is 7.83. The lowest BCUT2D eigenvalue weighted by Crippen LogP contribution is -2.37. The molecule has 3 nitrogen and oxygen atoms in total. The predicted molar refractivity (Wildman–Crippen MR) is 98.1 cm³/mol. The molecule has 0 unspecified atom stereocenters. The fourth-order valence-electron chi connectivity index (χ4n) is 4.77. The topological polar surface area (TPSA) is 49.3 Å². The Morgan fingerprint density at radius 2 is 1.54 bits per heavy atom. The number of nitrogens with one attached hydrogen (secondary N) is 1. The van der Waals surface area contributed by atoms with Crippen LogP contribution in [0.1, 0.15) is 69.8 Å². The van der Waals surface area contributed by atoms with Gasteiger partial charge in [-0.05, 0) is 62.1 Å². The van der Waals surface area contributed by atoms with Crippen LogP contribution in [0.25, 0.3) is 0 Å². The summed E-state index contributed by atoms with van der Waals surface area (Å²) in [4.78, 5) is 13.2. The zero-order valence-electron chi connectivity index (χ0n) is 14.9. The van der Waals surface area contributed by atoms with Crippen molar-refractivity contribution in [1.82, 2.24) is 0 Å². The van der Waals surface area contributed by atoms with Crippen molar-refractivity contribution in [2.75, 3.05) is 5.32 Å². The Morgan fingerprint density at radius 1 is 1.00 bits per heavy atom. The molecule has 0 aromatic heterocycles. The number of aromatic hydroxyl groups is 1. The van der Waals surface area contributed by atoms with Gasteiger partial charge in [0.2, 0.25) is 5.91 Å². The Hall–Kier alpha value is -1.51. The van der Waals surface area contributed by atoms with Gasteiger partial charge in [-0.2, -0.15) is 0 Å². The van der Waals surface area contributed by atoms with Crippen LogP contribution in [-0.4, -0.2) is 11.0 Å². The summed E-state index contributed by atoms with van der Waals surface area (Å²) < 4.78 is 0. The summed E-state index contributed by atoms with van der Waals surface area (Å²) in [6, 6.07) is 5.40. The molecule has 2 saturated carbocycles. The second-order valence-corrected chi connectivity index (χ2v) is 7.83. The standard InChI is InChI=1S/C21H31NO2/c1-15-12-13-19(23)18(14-15)22-21(24)20(16-8-4-2-5-9-16)17-10-6-3-7-11-17/h12-14,16-17,20,23H,2-11H2,1H3,(H,22,24). The molecule has 0 bridgehead atoms. The van der Waals surface area contributed by atoms with Crippen LogP contribution < -0.4 is 5.32 Å². The number of carbonyl (C=O) groups is 1. The van der Waals surface area contributed by atoms with E-state index in [0.717, 1.165) is 5.56 Å². The van der Waals surface area contributed by atoms with Gasteiger partial charge in [-0.25, -0.2) is 0 Å². The summed E-state index contributed by atoms with van der Waals surface area (Å²) in [6.45, 7) is 1.98. The first-order valence-corrected chi connectivity index (χ1v) is 9.75. The van der Waals surface area contributed by atoms with Crippen molar-refractivity contribution in [2.45, 2.75) is 71.1 Å². The van der Waals surface area contributed by atoms with Crippen LogP contribution in [0.5, 0.6) is 5.75 Å². The van der Waals surface area contributed by atoms with Crippen molar-refractivity contribution in [3.05, 3.63) is 23.8 Å². The van der Waals surface area contributed by atoms with Crippen LogP contribution in [0, 0.1) is 24.7 Å². The van der Waals surface area contributed by atoms with E-state index in [0.29, 0.717) is 17.5 Å². The van der Waals surface area contributed by atoms with Gasteiger partial charge in [0.25, 0.3) is 0 Å². The van der Waals surface area contributed by atoms with E-state index < -0.39 is 0 Å². The van der Waals surface area contributed by atoms with Crippen molar-refractivity contribution < 1.29 is 9.90 Å². The number of aryl methyl sites for hydroxylation is 1. The minimum Gasteiger partial charge on any atom is -0.506 e. The van der Waals surface area contributed by atoms with Gasteiger partial charge < -0.3 is 10.4 Å². The first kappa shape index (κ1) is 17.3. The molecule has 24 heavy (non-hydrogen) atoms. The lowest BCUT2D eigenvalue weighted by molar-refractivity contribution is -0.124.